The van der Waals surface area contributed by atoms with Crippen LogP contribution in [0.5, 0.6) is 0 Å². The minimum absolute atomic E-state index is 0.776. The summed E-state index contributed by atoms with van der Waals surface area (Å²) in [6.07, 6.45) is 13.3. The zero-order chi connectivity index (χ0) is 23.4. The molecule has 4 aromatic rings. The van der Waals surface area contributed by atoms with E-state index in [-0.39, 0.29) is 0 Å². The van der Waals surface area contributed by atoms with Crippen LogP contribution in [0, 0.1) is 0 Å². The predicted octanol–water partition coefficient (Wildman–Crippen LogP) is 5.20. The summed E-state index contributed by atoms with van der Waals surface area (Å²) in [6.45, 7) is 9.00. The average molecular weight is 457 g/mol. The van der Waals surface area contributed by atoms with Crippen LogP contribution in [0.15, 0.2) is 67.1 Å². The monoisotopic (exact) mass is 456 g/mol. The van der Waals surface area contributed by atoms with Crippen LogP contribution < -0.4 is 5.14 Å². The van der Waals surface area contributed by atoms with Crippen molar-refractivity contribution in [1.29, 1.82) is 0 Å². The first-order chi connectivity index (χ1) is 16.0. The molecular weight excluding hydrogens is 428 g/mol. The highest BCUT2D eigenvalue weighted by Crippen LogP contribution is 2.35. The Kier molecular flexibility index (Phi) is 7.03. The third-order valence-electron chi connectivity index (χ3n) is 5.63. The lowest BCUT2D eigenvalue weighted by Crippen LogP contribution is -2.13. The van der Waals surface area contributed by atoms with Gasteiger partial charge in [0.25, 0.3) is 0 Å². The molecule has 0 unspecified atom stereocenters. The smallest absolute Gasteiger partial charge is 0.162 e. The molecule has 0 radical (unpaired) electrons. The van der Waals surface area contributed by atoms with E-state index in [0.29, 0.717) is 0 Å². The van der Waals surface area contributed by atoms with Crippen LogP contribution in [0.4, 0.5) is 0 Å². The first-order valence-corrected chi connectivity index (χ1v) is 11.7. The third kappa shape index (κ3) is 4.75. The van der Waals surface area contributed by atoms with Crippen LogP contribution in [0.1, 0.15) is 23.2 Å². The number of rotatable bonds is 9. The fourth-order valence-electron chi connectivity index (χ4n) is 3.92. The number of aryl methyl sites for hydroxylation is 1. The second-order valence-corrected chi connectivity index (χ2v) is 8.75. The van der Waals surface area contributed by atoms with Crippen LogP contribution in [-0.2, 0) is 6.42 Å². The summed E-state index contributed by atoms with van der Waals surface area (Å²) in [7, 11) is 4.18. The van der Waals surface area contributed by atoms with Crippen molar-refractivity contribution in [2.75, 3.05) is 20.6 Å². The van der Waals surface area contributed by atoms with E-state index in [0.717, 1.165) is 69.0 Å². The van der Waals surface area contributed by atoms with Crippen LogP contribution >= 0.6 is 11.9 Å². The highest BCUT2D eigenvalue weighted by Gasteiger charge is 2.15. The summed E-state index contributed by atoms with van der Waals surface area (Å²) < 4.78 is 1.81. The number of aromatic nitrogens is 4. The summed E-state index contributed by atoms with van der Waals surface area (Å²) in [5.41, 5.74) is 7.72. The van der Waals surface area contributed by atoms with E-state index in [4.69, 9.17) is 10.1 Å². The number of nitrogens with zero attached hydrogens (tertiary/aromatic N) is 5. The van der Waals surface area contributed by atoms with E-state index in [1.54, 1.807) is 0 Å². The average Bonchev–Trinajstić information content (AvgIpc) is 3.26. The lowest BCUT2D eigenvalue weighted by atomic mass is 9.96. The molecule has 4 rings (SSSR count). The van der Waals surface area contributed by atoms with E-state index >= 15 is 0 Å². The number of hydrogen-bond acceptors (Lipinski definition) is 6. The van der Waals surface area contributed by atoms with Gasteiger partial charge in [0, 0.05) is 45.9 Å². The molecule has 3 heterocycles. The van der Waals surface area contributed by atoms with E-state index < -0.39 is 0 Å². The molecule has 0 spiro atoms. The molecule has 0 bridgehead atoms. The van der Waals surface area contributed by atoms with E-state index in [1.807, 2.05) is 53.6 Å². The lowest BCUT2D eigenvalue weighted by molar-refractivity contribution is 0.399. The summed E-state index contributed by atoms with van der Waals surface area (Å²) in [5, 5.41) is 10.4. The van der Waals surface area contributed by atoms with E-state index in [9.17, 15) is 0 Å². The van der Waals surface area contributed by atoms with Crippen molar-refractivity contribution in [2.24, 2.45) is 5.14 Å². The van der Waals surface area contributed by atoms with Crippen molar-refractivity contribution in [3.05, 3.63) is 79.0 Å². The second-order valence-electron chi connectivity index (χ2n) is 8.08. The Hall–Kier alpha value is -3.26. The Morgan fingerprint density at radius 2 is 1.76 bits per heavy atom. The van der Waals surface area contributed by atoms with Crippen LogP contribution in [0.25, 0.3) is 40.1 Å². The molecule has 1 aromatic carbocycles. The Labute approximate surface area is 199 Å². The Bertz CT molecular complexity index is 1290. The van der Waals surface area contributed by atoms with Gasteiger partial charge >= 0.3 is 0 Å². The van der Waals surface area contributed by atoms with Gasteiger partial charge in [-0.15, -0.1) is 0 Å². The van der Waals surface area contributed by atoms with Crippen LogP contribution in [-0.4, -0.2) is 45.1 Å². The minimum Gasteiger partial charge on any atom is -0.309 e. The molecule has 6 nitrogen and oxygen atoms in total. The van der Waals surface area contributed by atoms with Gasteiger partial charge in [-0.3, -0.25) is 10.1 Å². The van der Waals surface area contributed by atoms with Gasteiger partial charge < -0.3 is 4.90 Å². The van der Waals surface area contributed by atoms with Crippen molar-refractivity contribution in [1.82, 2.24) is 24.5 Å². The van der Waals surface area contributed by atoms with Gasteiger partial charge in [0.1, 0.15) is 0 Å². The summed E-state index contributed by atoms with van der Waals surface area (Å²) in [5.74, 6) is 0. The normalized spacial score (nSPS) is 11.3. The van der Waals surface area contributed by atoms with E-state index in [1.165, 1.54) is 11.9 Å². The van der Waals surface area contributed by atoms with E-state index in [2.05, 4.69) is 54.4 Å². The van der Waals surface area contributed by atoms with Crippen molar-refractivity contribution in [3.63, 3.8) is 0 Å². The largest absolute Gasteiger partial charge is 0.309 e. The first-order valence-electron chi connectivity index (χ1n) is 10.8. The van der Waals surface area contributed by atoms with Gasteiger partial charge in [-0.1, -0.05) is 37.4 Å². The highest BCUT2D eigenvalue weighted by atomic mass is 32.2. The molecule has 0 aliphatic heterocycles. The molecule has 0 saturated heterocycles. The summed E-state index contributed by atoms with van der Waals surface area (Å²) in [6, 6.07) is 8.22. The van der Waals surface area contributed by atoms with Gasteiger partial charge in [0.15, 0.2) is 5.65 Å². The van der Waals surface area contributed by atoms with Gasteiger partial charge in [-0.05, 0) is 74.3 Å². The fourth-order valence-corrected chi connectivity index (χ4v) is 4.38. The van der Waals surface area contributed by atoms with Crippen molar-refractivity contribution in [3.8, 4) is 22.3 Å². The molecule has 0 aliphatic rings. The topological polar surface area (TPSA) is 72.3 Å². The SMILES string of the molecule is C=Cc1c(SN)ccc(-c2cnn3cc(-c4ccc(CCCN(C)C)nc4)cnc23)c1C=C. The summed E-state index contributed by atoms with van der Waals surface area (Å²) >= 11 is 1.20. The van der Waals surface area contributed by atoms with Gasteiger partial charge in [-0.2, -0.15) is 5.10 Å². The van der Waals surface area contributed by atoms with Crippen LogP contribution in [0.3, 0.4) is 0 Å². The van der Waals surface area contributed by atoms with Crippen molar-refractivity contribution >= 4 is 29.7 Å². The van der Waals surface area contributed by atoms with Crippen LogP contribution in [0.2, 0.25) is 0 Å². The third-order valence-corrected chi connectivity index (χ3v) is 6.24. The minimum atomic E-state index is 0.776. The molecule has 0 atom stereocenters. The Morgan fingerprint density at radius 1 is 0.970 bits per heavy atom. The number of pyridine rings is 1. The zero-order valence-corrected chi connectivity index (χ0v) is 19.8. The molecule has 33 heavy (non-hydrogen) atoms. The standard InChI is InChI=1S/C26H28N6S/c1-5-21-22(6-2)25(33-27)12-11-23(21)24-16-30-32-17-19(15-29-26(24)32)18-9-10-20(28-14-18)8-7-13-31(3)4/h5-6,9-12,14-17H,1-2,7-8,13,27H2,3-4H3. The molecule has 0 fully saturated rings. The van der Waals surface area contributed by atoms with Crippen molar-refractivity contribution < 1.29 is 0 Å². The molecule has 0 aliphatic carbocycles. The van der Waals surface area contributed by atoms with Crippen molar-refractivity contribution in [2.45, 2.75) is 17.7 Å². The molecule has 0 saturated carbocycles. The van der Waals surface area contributed by atoms with Gasteiger partial charge in [0.2, 0.25) is 0 Å². The maximum Gasteiger partial charge on any atom is 0.162 e. The second kappa shape index (κ2) is 10.1. The molecular formula is C26H28N6S. The highest BCUT2D eigenvalue weighted by molar-refractivity contribution is 7.97. The summed E-state index contributed by atoms with van der Waals surface area (Å²) in [4.78, 5) is 12.5. The fraction of sp³-hybridized carbons (Fsp3) is 0.192. The first kappa shape index (κ1) is 22.9. The Balaban J connectivity index is 1.65. The zero-order valence-electron chi connectivity index (χ0n) is 19.0. The maximum absolute atomic E-state index is 5.82. The maximum atomic E-state index is 5.82. The Morgan fingerprint density at radius 3 is 2.42 bits per heavy atom. The molecule has 2 N–H and O–H groups in total. The number of hydrogen-bond donors (Lipinski definition) is 1. The molecule has 7 heteroatoms. The molecule has 3 aromatic heterocycles. The molecule has 0 amide bonds. The predicted molar refractivity (Wildman–Crippen MR) is 139 cm³/mol. The molecule has 168 valence electrons. The number of nitrogens with two attached hydrogens (primary N) is 1. The number of fused-ring (bicyclic) bond motifs is 1. The lowest BCUT2D eigenvalue weighted by Gasteiger charge is -2.12. The number of benzene rings is 1. The quantitative estimate of drug-likeness (QED) is 0.349. The van der Waals surface area contributed by atoms with Gasteiger partial charge in [0.05, 0.1) is 6.20 Å². The van der Waals surface area contributed by atoms with Gasteiger partial charge in [-0.25, -0.2) is 9.50 Å².